The second kappa shape index (κ2) is 6.33. The number of hydrogen-bond acceptors (Lipinski definition) is 4. The molecule has 18 heavy (non-hydrogen) atoms. The van der Waals surface area contributed by atoms with Gasteiger partial charge in [-0.3, -0.25) is 4.90 Å². The first-order valence-electron chi connectivity index (χ1n) is 6.74. The maximum atomic E-state index is 4.67. The van der Waals surface area contributed by atoms with E-state index in [-0.39, 0.29) is 12.4 Å². The summed E-state index contributed by atoms with van der Waals surface area (Å²) in [5, 5.41) is 7.13. The number of aryl methyl sites for hydroxylation is 1. The number of piperidine rings is 1. The molecule has 3 heterocycles. The number of halogens is 1. The average molecular weight is 288 g/mol. The molecule has 2 aliphatic rings. The van der Waals surface area contributed by atoms with Gasteiger partial charge in [-0.25, -0.2) is 4.98 Å². The molecule has 2 atom stereocenters. The van der Waals surface area contributed by atoms with Gasteiger partial charge in [-0.15, -0.1) is 23.7 Å². The molecule has 2 unspecified atom stereocenters. The minimum atomic E-state index is 0. The first kappa shape index (κ1) is 14.3. The van der Waals surface area contributed by atoms with Gasteiger partial charge in [0.2, 0.25) is 0 Å². The molecule has 1 aromatic heterocycles. The van der Waals surface area contributed by atoms with Crippen LogP contribution in [0.15, 0.2) is 5.38 Å². The van der Waals surface area contributed by atoms with Crippen LogP contribution in [0.3, 0.4) is 0 Å². The number of likely N-dealkylation sites (tertiary alicyclic amines) is 1. The molecule has 0 saturated carbocycles. The van der Waals surface area contributed by atoms with Gasteiger partial charge in [0, 0.05) is 31.1 Å². The molecule has 0 spiro atoms. The smallest absolute Gasteiger partial charge is 0.0926 e. The van der Waals surface area contributed by atoms with E-state index in [1.54, 1.807) is 0 Å². The van der Waals surface area contributed by atoms with E-state index in [2.05, 4.69) is 27.5 Å². The van der Waals surface area contributed by atoms with E-state index in [0.717, 1.165) is 24.9 Å². The highest BCUT2D eigenvalue weighted by Gasteiger charge is 2.32. The third-order valence-corrected chi connectivity index (χ3v) is 5.07. The predicted octanol–water partition coefficient (Wildman–Crippen LogP) is 2.31. The second-order valence-electron chi connectivity index (χ2n) is 5.22. The number of nitrogens with one attached hydrogen (secondary N) is 1. The van der Waals surface area contributed by atoms with E-state index in [1.165, 1.54) is 43.2 Å². The molecule has 2 fully saturated rings. The fraction of sp³-hybridized carbons (Fsp3) is 0.769. The number of thiazole rings is 1. The van der Waals surface area contributed by atoms with Gasteiger partial charge in [-0.1, -0.05) is 6.92 Å². The van der Waals surface area contributed by atoms with Crippen molar-refractivity contribution in [1.29, 1.82) is 0 Å². The molecule has 0 bridgehead atoms. The minimum Gasteiger partial charge on any atom is -0.314 e. The van der Waals surface area contributed by atoms with Crippen LogP contribution < -0.4 is 5.32 Å². The van der Waals surface area contributed by atoms with E-state index in [4.69, 9.17) is 0 Å². The van der Waals surface area contributed by atoms with Crippen LogP contribution >= 0.6 is 23.7 Å². The lowest BCUT2D eigenvalue weighted by atomic mass is 9.93. The Morgan fingerprint density at radius 2 is 2.39 bits per heavy atom. The molecule has 0 amide bonds. The lowest BCUT2D eigenvalue weighted by molar-refractivity contribution is 0.154. The van der Waals surface area contributed by atoms with Crippen LogP contribution in [0.2, 0.25) is 0 Å². The van der Waals surface area contributed by atoms with E-state index in [0.29, 0.717) is 0 Å². The fourth-order valence-electron chi connectivity index (χ4n) is 3.08. The van der Waals surface area contributed by atoms with Crippen LogP contribution in [0.5, 0.6) is 0 Å². The summed E-state index contributed by atoms with van der Waals surface area (Å²) < 4.78 is 0. The Morgan fingerprint density at radius 3 is 3.17 bits per heavy atom. The van der Waals surface area contributed by atoms with E-state index in [1.807, 2.05) is 11.3 Å². The summed E-state index contributed by atoms with van der Waals surface area (Å²) >= 11 is 1.81. The Bertz CT molecular complexity index is 382. The van der Waals surface area contributed by atoms with Gasteiger partial charge < -0.3 is 5.32 Å². The highest BCUT2D eigenvalue weighted by molar-refractivity contribution is 7.09. The van der Waals surface area contributed by atoms with E-state index < -0.39 is 0 Å². The van der Waals surface area contributed by atoms with Crippen molar-refractivity contribution in [2.75, 3.05) is 19.6 Å². The monoisotopic (exact) mass is 287 g/mol. The van der Waals surface area contributed by atoms with Gasteiger partial charge in [-0.2, -0.15) is 0 Å². The molecule has 0 aliphatic carbocycles. The molecular weight excluding hydrogens is 266 g/mol. The van der Waals surface area contributed by atoms with Crippen molar-refractivity contribution in [2.45, 2.75) is 38.8 Å². The number of aromatic nitrogens is 1. The summed E-state index contributed by atoms with van der Waals surface area (Å²) in [5.74, 6) is 0.882. The van der Waals surface area contributed by atoms with Crippen molar-refractivity contribution < 1.29 is 0 Å². The zero-order valence-electron chi connectivity index (χ0n) is 10.9. The first-order chi connectivity index (χ1) is 8.35. The van der Waals surface area contributed by atoms with Crippen LogP contribution in [0.1, 0.15) is 30.5 Å². The van der Waals surface area contributed by atoms with Crippen LogP contribution in [0.25, 0.3) is 0 Å². The first-order valence-corrected chi connectivity index (χ1v) is 7.62. The summed E-state index contributed by atoms with van der Waals surface area (Å²) in [7, 11) is 0. The number of hydrogen-bond donors (Lipinski definition) is 1. The van der Waals surface area contributed by atoms with Gasteiger partial charge in [0.05, 0.1) is 10.7 Å². The Morgan fingerprint density at radius 1 is 1.50 bits per heavy atom. The lowest BCUT2D eigenvalue weighted by Gasteiger charge is -2.34. The molecule has 5 heteroatoms. The van der Waals surface area contributed by atoms with Crippen molar-refractivity contribution in [1.82, 2.24) is 15.2 Å². The maximum Gasteiger partial charge on any atom is 0.0926 e. The molecular formula is C13H22ClN3S. The SMILES string of the molecule is CCc1nc(CN2CCC3NCCC3C2)cs1.Cl. The number of nitrogens with zero attached hydrogens (tertiary/aromatic N) is 2. The summed E-state index contributed by atoms with van der Waals surface area (Å²) in [6.07, 6.45) is 3.74. The van der Waals surface area contributed by atoms with Gasteiger partial charge >= 0.3 is 0 Å². The molecule has 3 rings (SSSR count). The van der Waals surface area contributed by atoms with Crippen molar-refractivity contribution in [3.05, 3.63) is 16.1 Å². The quantitative estimate of drug-likeness (QED) is 0.925. The molecule has 0 radical (unpaired) electrons. The van der Waals surface area contributed by atoms with Gasteiger partial charge in [0.15, 0.2) is 0 Å². The zero-order chi connectivity index (χ0) is 11.7. The van der Waals surface area contributed by atoms with Crippen molar-refractivity contribution >= 4 is 23.7 Å². The summed E-state index contributed by atoms with van der Waals surface area (Å²) in [4.78, 5) is 7.26. The van der Waals surface area contributed by atoms with Gasteiger partial charge in [-0.05, 0) is 31.7 Å². The molecule has 102 valence electrons. The number of rotatable bonds is 3. The average Bonchev–Trinajstić information content (AvgIpc) is 2.96. The highest BCUT2D eigenvalue weighted by Crippen LogP contribution is 2.25. The van der Waals surface area contributed by atoms with Crippen LogP contribution in [-0.2, 0) is 13.0 Å². The normalized spacial score (nSPS) is 27.8. The van der Waals surface area contributed by atoms with Crippen molar-refractivity contribution in [3.8, 4) is 0 Å². The molecule has 3 nitrogen and oxygen atoms in total. The Kier molecular flexibility index (Phi) is 5.01. The van der Waals surface area contributed by atoms with Gasteiger partial charge in [0.25, 0.3) is 0 Å². The van der Waals surface area contributed by atoms with E-state index in [9.17, 15) is 0 Å². The fourth-order valence-corrected chi connectivity index (χ4v) is 3.82. The van der Waals surface area contributed by atoms with Crippen LogP contribution in [0.4, 0.5) is 0 Å². The van der Waals surface area contributed by atoms with Crippen LogP contribution in [0, 0.1) is 5.92 Å². The van der Waals surface area contributed by atoms with Crippen LogP contribution in [-0.4, -0.2) is 35.6 Å². The molecule has 2 aliphatic heterocycles. The summed E-state index contributed by atoms with van der Waals surface area (Å²) in [6, 6.07) is 0.799. The third kappa shape index (κ3) is 3.05. The number of fused-ring (bicyclic) bond motifs is 1. The molecule has 1 aromatic rings. The van der Waals surface area contributed by atoms with Crippen molar-refractivity contribution in [3.63, 3.8) is 0 Å². The minimum absolute atomic E-state index is 0. The Labute approximate surface area is 119 Å². The molecule has 0 aromatic carbocycles. The topological polar surface area (TPSA) is 28.2 Å². The molecule has 2 saturated heterocycles. The summed E-state index contributed by atoms with van der Waals surface area (Å²) in [5.41, 5.74) is 1.27. The lowest BCUT2D eigenvalue weighted by Crippen LogP contribution is -2.43. The Hall–Kier alpha value is -0.160. The predicted molar refractivity (Wildman–Crippen MR) is 78.5 cm³/mol. The maximum absolute atomic E-state index is 4.67. The van der Waals surface area contributed by atoms with E-state index >= 15 is 0 Å². The van der Waals surface area contributed by atoms with Crippen molar-refractivity contribution in [2.24, 2.45) is 5.92 Å². The standard InChI is InChI=1S/C13H21N3S.ClH/c1-2-13-15-11(9-17-13)8-16-6-4-12-10(7-16)3-5-14-12;/h9-10,12,14H,2-8H2,1H3;1H. The highest BCUT2D eigenvalue weighted by atomic mass is 35.5. The second-order valence-corrected chi connectivity index (χ2v) is 6.16. The largest absolute Gasteiger partial charge is 0.314 e. The zero-order valence-corrected chi connectivity index (χ0v) is 12.5. The van der Waals surface area contributed by atoms with Gasteiger partial charge in [0.1, 0.15) is 0 Å². The summed E-state index contributed by atoms with van der Waals surface area (Å²) in [6.45, 7) is 6.95. The Balaban J connectivity index is 0.00000120. The third-order valence-electron chi connectivity index (χ3n) is 4.03. The molecule has 1 N–H and O–H groups in total.